The van der Waals surface area contributed by atoms with Crippen molar-refractivity contribution >= 4 is 5.69 Å². The van der Waals surface area contributed by atoms with Crippen molar-refractivity contribution in [2.24, 2.45) is 0 Å². The molecule has 0 aromatic heterocycles. The van der Waals surface area contributed by atoms with E-state index in [0.717, 1.165) is 12.1 Å². The molecular formula is C21H21N. The molecule has 1 N–H and O–H groups in total. The van der Waals surface area contributed by atoms with Crippen molar-refractivity contribution in [1.82, 2.24) is 0 Å². The Morgan fingerprint density at radius 1 is 0.727 bits per heavy atom. The lowest BCUT2D eigenvalue weighted by Crippen LogP contribution is -2.13. The van der Waals surface area contributed by atoms with Gasteiger partial charge in [-0.1, -0.05) is 78.4 Å². The van der Waals surface area contributed by atoms with Crippen molar-refractivity contribution in [2.75, 3.05) is 5.32 Å². The molecule has 0 spiro atoms. The molecule has 0 saturated heterocycles. The minimum absolute atomic E-state index is 0.270. The fourth-order valence-corrected chi connectivity index (χ4v) is 2.64. The molecule has 0 aliphatic heterocycles. The molecule has 0 heterocycles. The zero-order valence-corrected chi connectivity index (χ0v) is 12.9. The van der Waals surface area contributed by atoms with E-state index < -0.39 is 0 Å². The van der Waals surface area contributed by atoms with Crippen LogP contribution in [0.1, 0.15) is 22.7 Å². The largest absolute Gasteiger partial charge is 0.378 e. The Morgan fingerprint density at radius 3 is 1.95 bits per heavy atom. The van der Waals surface area contributed by atoms with Crippen LogP contribution in [0.25, 0.3) is 0 Å². The molecule has 1 atom stereocenters. The zero-order valence-electron chi connectivity index (χ0n) is 12.9. The van der Waals surface area contributed by atoms with E-state index in [1.54, 1.807) is 0 Å². The summed E-state index contributed by atoms with van der Waals surface area (Å²) in [5.74, 6) is 0. The Bertz CT molecular complexity index is 687. The molecule has 0 amide bonds. The van der Waals surface area contributed by atoms with E-state index in [-0.39, 0.29) is 6.04 Å². The molecule has 0 aliphatic rings. The van der Waals surface area contributed by atoms with Gasteiger partial charge in [0.2, 0.25) is 0 Å². The van der Waals surface area contributed by atoms with Gasteiger partial charge in [0, 0.05) is 5.69 Å². The van der Waals surface area contributed by atoms with E-state index in [1.807, 2.05) is 0 Å². The minimum Gasteiger partial charge on any atom is -0.378 e. The molecule has 1 heteroatoms. The molecule has 3 aromatic rings. The Balaban J connectivity index is 1.84. The number of rotatable bonds is 5. The molecule has 0 bridgehead atoms. The Hall–Kier alpha value is -2.54. The van der Waals surface area contributed by atoms with Crippen LogP contribution >= 0.6 is 0 Å². The number of hydrogen-bond donors (Lipinski definition) is 1. The highest BCUT2D eigenvalue weighted by molar-refractivity contribution is 5.47. The molecule has 1 nitrogen and oxygen atoms in total. The van der Waals surface area contributed by atoms with Crippen LogP contribution in [0.2, 0.25) is 0 Å². The SMILES string of the molecule is Cc1ccc(NC(Cc2ccccc2)c2ccccc2)cc1. The zero-order chi connectivity index (χ0) is 15.2. The minimum atomic E-state index is 0.270. The average Bonchev–Trinajstić information content (AvgIpc) is 2.58. The second-order valence-corrected chi connectivity index (χ2v) is 5.66. The van der Waals surface area contributed by atoms with Crippen LogP contribution in [0.15, 0.2) is 84.9 Å². The van der Waals surface area contributed by atoms with Crippen molar-refractivity contribution in [2.45, 2.75) is 19.4 Å². The molecule has 3 aromatic carbocycles. The number of aryl methyl sites for hydroxylation is 1. The molecule has 0 saturated carbocycles. The van der Waals surface area contributed by atoms with Crippen LogP contribution in [0, 0.1) is 6.92 Å². The fraction of sp³-hybridized carbons (Fsp3) is 0.143. The first-order chi connectivity index (χ1) is 10.8. The summed E-state index contributed by atoms with van der Waals surface area (Å²) in [4.78, 5) is 0. The third-order valence-corrected chi connectivity index (χ3v) is 3.88. The van der Waals surface area contributed by atoms with Gasteiger partial charge in [-0.2, -0.15) is 0 Å². The molecule has 3 rings (SSSR count). The first kappa shape index (κ1) is 14.4. The first-order valence-corrected chi connectivity index (χ1v) is 7.73. The third kappa shape index (κ3) is 3.76. The Labute approximate surface area is 132 Å². The van der Waals surface area contributed by atoms with E-state index in [0.29, 0.717) is 0 Å². The lowest BCUT2D eigenvalue weighted by molar-refractivity contribution is 0.775. The molecule has 0 radical (unpaired) electrons. The molecule has 0 aliphatic carbocycles. The molecule has 110 valence electrons. The molecule has 0 fully saturated rings. The van der Waals surface area contributed by atoms with E-state index in [1.165, 1.54) is 16.7 Å². The predicted octanol–water partition coefficient (Wildman–Crippen LogP) is 5.39. The van der Waals surface area contributed by atoms with E-state index in [2.05, 4.69) is 97.2 Å². The van der Waals surface area contributed by atoms with Gasteiger partial charge in [0.05, 0.1) is 6.04 Å². The maximum Gasteiger partial charge on any atom is 0.0554 e. The predicted molar refractivity (Wildman–Crippen MR) is 94.1 cm³/mol. The van der Waals surface area contributed by atoms with Crippen LogP contribution in [0.5, 0.6) is 0 Å². The van der Waals surface area contributed by atoms with Crippen LogP contribution in [0.3, 0.4) is 0 Å². The molecular weight excluding hydrogens is 266 g/mol. The van der Waals surface area contributed by atoms with Crippen LogP contribution < -0.4 is 5.32 Å². The summed E-state index contributed by atoms with van der Waals surface area (Å²) in [5, 5.41) is 3.67. The molecule has 1 unspecified atom stereocenters. The Morgan fingerprint density at radius 2 is 1.32 bits per heavy atom. The number of benzene rings is 3. The quantitative estimate of drug-likeness (QED) is 0.663. The summed E-state index contributed by atoms with van der Waals surface area (Å²) < 4.78 is 0. The monoisotopic (exact) mass is 287 g/mol. The second kappa shape index (κ2) is 6.95. The van der Waals surface area contributed by atoms with Crippen molar-refractivity contribution < 1.29 is 0 Å². The topological polar surface area (TPSA) is 12.0 Å². The van der Waals surface area contributed by atoms with Gasteiger partial charge in [0.15, 0.2) is 0 Å². The first-order valence-electron chi connectivity index (χ1n) is 7.73. The van der Waals surface area contributed by atoms with Gasteiger partial charge in [0.1, 0.15) is 0 Å². The highest BCUT2D eigenvalue weighted by Crippen LogP contribution is 2.23. The smallest absolute Gasteiger partial charge is 0.0554 e. The highest BCUT2D eigenvalue weighted by atomic mass is 14.9. The highest BCUT2D eigenvalue weighted by Gasteiger charge is 2.12. The summed E-state index contributed by atoms with van der Waals surface area (Å²) in [5.41, 5.74) is 5.10. The van der Waals surface area contributed by atoms with Gasteiger partial charge in [0.25, 0.3) is 0 Å². The van der Waals surface area contributed by atoms with Gasteiger partial charge in [-0.25, -0.2) is 0 Å². The number of hydrogen-bond acceptors (Lipinski definition) is 1. The van der Waals surface area contributed by atoms with Gasteiger partial charge in [-0.3, -0.25) is 0 Å². The van der Waals surface area contributed by atoms with Crippen LogP contribution in [-0.2, 0) is 6.42 Å². The van der Waals surface area contributed by atoms with Crippen LogP contribution in [0.4, 0.5) is 5.69 Å². The lowest BCUT2D eigenvalue weighted by Gasteiger charge is -2.21. The summed E-state index contributed by atoms with van der Waals surface area (Å²) >= 11 is 0. The second-order valence-electron chi connectivity index (χ2n) is 5.66. The van der Waals surface area contributed by atoms with Crippen molar-refractivity contribution in [3.05, 3.63) is 102 Å². The van der Waals surface area contributed by atoms with Crippen molar-refractivity contribution in [1.29, 1.82) is 0 Å². The Kier molecular flexibility index (Phi) is 4.55. The van der Waals surface area contributed by atoms with Gasteiger partial charge < -0.3 is 5.32 Å². The van der Waals surface area contributed by atoms with Gasteiger partial charge in [-0.05, 0) is 36.6 Å². The van der Waals surface area contributed by atoms with Gasteiger partial charge in [-0.15, -0.1) is 0 Å². The summed E-state index contributed by atoms with van der Waals surface area (Å²) in [6, 6.07) is 30.1. The maximum atomic E-state index is 3.67. The van der Waals surface area contributed by atoms with Crippen molar-refractivity contribution in [3.8, 4) is 0 Å². The molecule has 22 heavy (non-hydrogen) atoms. The van der Waals surface area contributed by atoms with E-state index >= 15 is 0 Å². The van der Waals surface area contributed by atoms with E-state index in [4.69, 9.17) is 0 Å². The third-order valence-electron chi connectivity index (χ3n) is 3.88. The van der Waals surface area contributed by atoms with Crippen LogP contribution in [-0.4, -0.2) is 0 Å². The lowest BCUT2D eigenvalue weighted by atomic mass is 9.98. The summed E-state index contributed by atoms with van der Waals surface area (Å²) in [7, 11) is 0. The summed E-state index contributed by atoms with van der Waals surface area (Å²) in [6.45, 7) is 2.11. The average molecular weight is 287 g/mol. The van der Waals surface area contributed by atoms with Crippen molar-refractivity contribution in [3.63, 3.8) is 0 Å². The van der Waals surface area contributed by atoms with Gasteiger partial charge >= 0.3 is 0 Å². The van der Waals surface area contributed by atoms with E-state index in [9.17, 15) is 0 Å². The number of nitrogens with one attached hydrogen (secondary N) is 1. The summed E-state index contributed by atoms with van der Waals surface area (Å²) in [6.07, 6.45) is 0.971. The fourth-order valence-electron chi connectivity index (χ4n) is 2.64. The number of anilines is 1. The standard InChI is InChI=1S/C21H21N/c1-17-12-14-20(15-13-17)22-21(19-10-6-3-7-11-19)16-18-8-4-2-5-9-18/h2-15,21-22H,16H2,1H3. The maximum absolute atomic E-state index is 3.67. The normalized spacial score (nSPS) is 11.9.